The zero-order valence-corrected chi connectivity index (χ0v) is 10.9. The Kier molecular flexibility index (Phi) is 4.00. The van der Waals surface area contributed by atoms with Gasteiger partial charge < -0.3 is 10.4 Å². The molecule has 0 radical (unpaired) electrons. The summed E-state index contributed by atoms with van der Waals surface area (Å²) in [5.74, 6) is -0.238. The number of aliphatic hydroxyl groups is 1. The average Bonchev–Trinajstić information content (AvgIpc) is 3.06. The van der Waals surface area contributed by atoms with Crippen LogP contribution in [-0.2, 0) is 4.79 Å². The van der Waals surface area contributed by atoms with Gasteiger partial charge in [-0.05, 0) is 24.3 Å². The molecule has 0 aliphatic heterocycles. The van der Waals surface area contributed by atoms with Gasteiger partial charge in [-0.1, -0.05) is 18.9 Å². The highest BCUT2D eigenvalue weighted by Gasteiger charge is 2.41. The van der Waals surface area contributed by atoms with Crippen LogP contribution in [0.5, 0.6) is 0 Å². The number of thiophene rings is 1. The number of nitriles is 1. The fraction of sp³-hybridized carbons (Fsp3) is 0.538. The SMILES string of the molecule is N#CC1(C(=O)NC[C@H](O)c2cccs2)CCCC1. The Morgan fingerprint density at radius 1 is 1.61 bits per heavy atom. The monoisotopic (exact) mass is 264 g/mol. The summed E-state index contributed by atoms with van der Waals surface area (Å²) in [6, 6.07) is 5.84. The highest BCUT2D eigenvalue weighted by molar-refractivity contribution is 7.10. The normalized spacial score (nSPS) is 19.1. The van der Waals surface area contributed by atoms with Crippen LogP contribution in [-0.4, -0.2) is 17.6 Å². The molecule has 4 nitrogen and oxygen atoms in total. The summed E-state index contributed by atoms with van der Waals surface area (Å²) in [6.07, 6.45) is 2.42. The highest BCUT2D eigenvalue weighted by Crippen LogP contribution is 2.37. The Morgan fingerprint density at radius 2 is 2.33 bits per heavy atom. The molecule has 18 heavy (non-hydrogen) atoms. The van der Waals surface area contributed by atoms with Gasteiger partial charge in [0.2, 0.25) is 5.91 Å². The van der Waals surface area contributed by atoms with E-state index >= 15 is 0 Å². The molecule has 0 bridgehead atoms. The van der Waals surface area contributed by atoms with Gasteiger partial charge in [0.05, 0.1) is 6.07 Å². The lowest BCUT2D eigenvalue weighted by Gasteiger charge is -2.20. The van der Waals surface area contributed by atoms with E-state index in [9.17, 15) is 9.90 Å². The largest absolute Gasteiger partial charge is 0.386 e. The minimum Gasteiger partial charge on any atom is -0.386 e. The van der Waals surface area contributed by atoms with Crippen LogP contribution in [0.4, 0.5) is 0 Å². The summed E-state index contributed by atoms with van der Waals surface area (Å²) in [4.78, 5) is 12.9. The molecule has 96 valence electrons. The minimum atomic E-state index is -0.866. The zero-order valence-electron chi connectivity index (χ0n) is 10.1. The van der Waals surface area contributed by atoms with E-state index in [0.29, 0.717) is 12.8 Å². The maximum absolute atomic E-state index is 12.0. The third-order valence-electron chi connectivity index (χ3n) is 3.43. The Balaban J connectivity index is 1.90. The minimum absolute atomic E-state index is 0.169. The predicted octanol–water partition coefficient (Wildman–Crippen LogP) is 1.98. The van der Waals surface area contributed by atoms with Crippen LogP contribution >= 0.6 is 11.3 Å². The van der Waals surface area contributed by atoms with Crippen molar-refractivity contribution in [3.8, 4) is 6.07 Å². The van der Waals surface area contributed by atoms with Crippen molar-refractivity contribution < 1.29 is 9.90 Å². The third kappa shape index (κ3) is 2.55. The Hall–Kier alpha value is -1.38. The van der Waals surface area contributed by atoms with E-state index in [1.165, 1.54) is 11.3 Å². The zero-order chi connectivity index (χ0) is 13.0. The lowest BCUT2D eigenvalue weighted by molar-refractivity contribution is -0.128. The first-order valence-electron chi connectivity index (χ1n) is 6.09. The number of rotatable bonds is 4. The first-order chi connectivity index (χ1) is 8.68. The van der Waals surface area contributed by atoms with Crippen molar-refractivity contribution >= 4 is 17.2 Å². The summed E-state index contributed by atoms with van der Waals surface area (Å²) in [5, 5.41) is 23.6. The van der Waals surface area contributed by atoms with Crippen molar-refractivity contribution in [1.82, 2.24) is 5.32 Å². The van der Waals surface area contributed by atoms with Crippen LogP contribution in [0.2, 0.25) is 0 Å². The van der Waals surface area contributed by atoms with Crippen LogP contribution in [0.3, 0.4) is 0 Å². The van der Waals surface area contributed by atoms with Crippen molar-refractivity contribution in [1.29, 1.82) is 5.26 Å². The molecule has 1 fully saturated rings. The van der Waals surface area contributed by atoms with Crippen molar-refractivity contribution in [2.45, 2.75) is 31.8 Å². The summed E-state index contributed by atoms with van der Waals surface area (Å²) >= 11 is 1.45. The van der Waals surface area contributed by atoms with Crippen LogP contribution in [0.15, 0.2) is 17.5 Å². The standard InChI is InChI=1S/C13H16N2O2S/c14-9-13(5-1-2-6-13)12(17)15-8-10(16)11-4-3-7-18-11/h3-4,7,10,16H,1-2,5-6,8H2,(H,15,17)/t10-/m0/s1. The number of carbonyl (C=O) groups is 1. The maximum atomic E-state index is 12.0. The van der Waals surface area contributed by atoms with Crippen LogP contribution in [0.25, 0.3) is 0 Å². The molecular formula is C13H16N2O2S. The summed E-state index contributed by atoms with van der Waals surface area (Å²) in [5.41, 5.74) is -0.866. The van der Waals surface area contributed by atoms with E-state index in [0.717, 1.165) is 17.7 Å². The quantitative estimate of drug-likeness (QED) is 0.873. The van der Waals surface area contributed by atoms with Crippen molar-refractivity contribution in [2.24, 2.45) is 5.41 Å². The van der Waals surface area contributed by atoms with Gasteiger partial charge in [0, 0.05) is 11.4 Å². The van der Waals surface area contributed by atoms with Gasteiger partial charge in [0.25, 0.3) is 0 Å². The van der Waals surface area contributed by atoms with E-state index in [-0.39, 0.29) is 12.5 Å². The molecule has 1 atom stereocenters. The number of aliphatic hydroxyl groups excluding tert-OH is 1. The molecule has 1 saturated carbocycles. The Morgan fingerprint density at radius 3 is 2.89 bits per heavy atom. The van der Waals surface area contributed by atoms with Gasteiger partial charge >= 0.3 is 0 Å². The fourth-order valence-corrected chi connectivity index (χ4v) is 3.02. The van der Waals surface area contributed by atoms with E-state index in [4.69, 9.17) is 5.26 Å². The van der Waals surface area contributed by atoms with E-state index in [2.05, 4.69) is 11.4 Å². The Bertz CT molecular complexity index is 444. The molecule has 1 aliphatic rings. The van der Waals surface area contributed by atoms with Gasteiger partial charge in [0.15, 0.2) is 0 Å². The third-order valence-corrected chi connectivity index (χ3v) is 4.41. The lowest BCUT2D eigenvalue weighted by atomic mass is 9.87. The average molecular weight is 264 g/mol. The summed E-state index contributed by atoms with van der Waals surface area (Å²) < 4.78 is 0. The number of nitrogens with one attached hydrogen (secondary N) is 1. The molecule has 1 aromatic rings. The van der Waals surface area contributed by atoms with Gasteiger partial charge in [-0.15, -0.1) is 11.3 Å². The molecule has 1 heterocycles. The summed E-state index contributed by atoms with van der Waals surface area (Å²) in [6.45, 7) is 0.169. The fourth-order valence-electron chi connectivity index (χ4n) is 2.31. The molecule has 1 aromatic heterocycles. The second-order valence-corrected chi connectivity index (χ2v) is 5.62. The molecule has 1 aliphatic carbocycles. The number of hydrogen-bond donors (Lipinski definition) is 2. The van der Waals surface area contributed by atoms with Crippen molar-refractivity contribution in [2.75, 3.05) is 6.54 Å². The molecule has 0 unspecified atom stereocenters. The van der Waals surface area contributed by atoms with Crippen LogP contribution < -0.4 is 5.32 Å². The molecule has 0 saturated heterocycles. The Labute approximate surface area is 110 Å². The summed E-state index contributed by atoms with van der Waals surface area (Å²) in [7, 11) is 0. The number of amides is 1. The number of nitrogens with zero attached hydrogens (tertiary/aromatic N) is 1. The number of hydrogen-bond acceptors (Lipinski definition) is 4. The van der Waals surface area contributed by atoms with Crippen LogP contribution in [0, 0.1) is 16.7 Å². The second-order valence-electron chi connectivity index (χ2n) is 4.64. The van der Waals surface area contributed by atoms with Gasteiger partial charge in [-0.3, -0.25) is 4.79 Å². The van der Waals surface area contributed by atoms with E-state index in [1.807, 2.05) is 17.5 Å². The van der Waals surface area contributed by atoms with Gasteiger partial charge in [-0.2, -0.15) is 5.26 Å². The topological polar surface area (TPSA) is 73.1 Å². The maximum Gasteiger partial charge on any atom is 0.240 e. The first kappa shape index (κ1) is 13.1. The highest BCUT2D eigenvalue weighted by atomic mass is 32.1. The smallest absolute Gasteiger partial charge is 0.240 e. The van der Waals surface area contributed by atoms with Gasteiger partial charge in [-0.25, -0.2) is 0 Å². The van der Waals surface area contributed by atoms with Crippen molar-refractivity contribution in [3.05, 3.63) is 22.4 Å². The molecule has 0 aromatic carbocycles. The predicted molar refractivity (Wildman–Crippen MR) is 68.8 cm³/mol. The molecule has 2 rings (SSSR count). The molecule has 1 amide bonds. The molecule has 0 spiro atoms. The van der Waals surface area contributed by atoms with Crippen LogP contribution in [0.1, 0.15) is 36.7 Å². The van der Waals surface area contributed by atoms with E-state index < -0.39 is 11.5 Å². The molecule has 5 heteroatoms. The molecular weight excluding hydrogens is 248 g/mol. The number of carbonyl (C=O) groups excluding carboxylic acids is 1. The molecule has 2 N–H and O–H groups in total. The van der Waals surface area contributed by atoms with Crippen molar-refractivity contribution in [3.63, 3.8) is 0 Å². The second kappa shape index (κ2) is 5.51. The van der Waals surface area contributed by atoms with E-state index in [1.54, 1.807) is 0 Å². The first-order valence-corrected chi connectivity index (χ1v) is 6.97. The lowest BCUT2D eigenvalue weighted by Crippen LogP contribution is -2.40. The van der Waals surface area contributed by atoms with Gasteiger partial charge in [0.1, 0.15) is 11.5 Å².